The molecule has 0 aromatic heterocycles. The third-order valence-corrected chi connectivity index (χ3v) is 3.46. The van der Waals surface area contributed by atoms with Crippen molar-refractivity contribution >= 4 is 0 Å². The van der Waals surface area contributed by atoms with Crippen LogP contribution in [0.3, 0.4) is 0 Å². The smallest absolute Gasteiger partial charge is 0.00985 e. The van der Waals surface area contributed by atoms with Crippen LogP contribution < -0.4 is 11.1 Å². The van der Waals surface area contributed by atoms with Gasteiger partial charge in [0.25, 0.3) is 0 Å². The lowest BCUT2D eigenvalue weighted by molar-refractivity contribution is 0.325. The number of hydrogen-bond acceptors (Lipinski definition) is 2. The summed E-state index contributed by atoms with van der Waals surface area (Å²) in [5.41, 5.74) is 5.56. The molecule has 0 aromatic rings. The first kappa shape index (κ1) is 8.52. The summed E-state index contributed by atoms with van der Waals surface area (Å²) in [6.07, 6.45) is 8.32. The number of nitrogens with two attached hydrogens (primary N) is 1. The third kappa shape index (κ3) is 1.64. The normalized spacial score (nSPS) is 41.2. The van der Waals surface area contributed by atoms with Crippen LogP contribution in [-0.2, 0) is 0 Å². The highest BCUT2D eigenvalue weighted by Gasteiger charge is 2.34. The van der Waals surface area contributed by atoms with E-state index in [0.29, 0.717) is 0 Å². The third-order valence-electron chi connectivity index (χ3n) is 3.46. The molecule has 0 spiro atoms. The zero-order valence-electron chi connectivity index (χ0n) is 7.76. The lowest BCUT2D eigenvalue weighted by Gasteiger charge is -2.24. The first-order valence-corrected chi connectivity index (χ1v) is 5.36. The van der Waals surface area contributed by atoms with Crippen molar-refractivity contribution in [2.24, 2.45) is 11.7 Å². The van der Waals surface area contributed by atoms with Crippen LogP contribution in [0, 0.1) is 5.92 Å². The van der Waals surface area contributed by atoms with Gasteiger partial charge in [0, 0.05) is 12.1 Å². The summed E-state index contributed by atoms with van der Waals surface area (Å²) in [5, 5.41) is 3.71. The Morgan fingerprint density at radius 2 is 2.08 bits per heavy atom. The van der Waals surface area contributed by atoms with Crippen molar-refractivity contribution in [3.05, 3.63) is 0 Å². The highest BCUT2D eigenvalue weighted by Crippen LogP contribution is 2.33. The maximum absolute atomic E-state index is 5.56. The Kier molecular flexibility index (Phi) is 2.66. The molecule has 1 aliphatic carbocycles. The van der Waals surface area contributed by atoms with Crippen molar-refractivity contribution in [1.29, 1.82) is 0 Å². The van der Waals surface area contributed by atoms with E-state index >= 15 is 0 Å². The highest BCUT2D eigenvalue weighted by molar-refractivity contribution is 4.92. The molecule has 1 saturated carbocycles. The molecule has 2 rings (SSSR count). The molecular weight excluding hydrogens is 148 g/mol. The van der Waals surface area contributed by atoms with Crippen molar-refractivity contribution in [2.75, 3.05) is 6.54 Å². The number of nitrogens with one attached hydrogen (secondary N) is 1. The van der Waals surface area contributed by atoms with E-state index in [1.165, 1.54) is 38.5 Å². The first-order valence-electron chi connectivity index (χ1n) is 5.36. The zero-order valence-corrected chi connectivity index (χ0v) is 7.76. The predicted octanol–water partition coefficient (Wildman–Crippen LogP) is 1.26. The molecule has 70 valence electrons. The van der Waals surface area contributed by atoms with Gasteiger partial charge >= 0.3 is 0 Å². The summed E-state index contributed by atoms with van der Waals surface area (Å²) in [6, 6.07) is 1.58. The maximum atomic E-state index is 5.56. The van der Waals surface area contributed by atoms with Gasteiger partial charge in [-0.25, -0.2) is 0 Å². The molecule has 2 fully saturated rings. The highest BCUT2D eigenvalue weighted by atomic mass is 15.0. The van der Waals surface area contributed by atoms with Crippen molar-refractivity contribution in [3.63, 3.8) is 0 Å². The van der Waals surface area contributed by atoms with Gasteiger partial charge < -0.3 is 11.1 Å². The SMILES string of the molecule is NCC[C@@H]1C[C@@H]2CCCC[C@H]2N1. The van der Waals surface area contributed by atoms with Crippen LogP contribution in [0.5, 0.6) is 0 Å². The lowest BCUT2D eigenvalue weighted by Crippen LogP contribution is -2.33. The second kappa shape index (κ2) is 3.75. The second-order valence-corrected chi connectivity index (χ2v) is 4.33. The molecule has 2 nitrogen and oxygen atoms in total. The summed E-state index contributed by atoms with van der Waals surface area (Å²) in [5.74, 6) is 0.982. The van der Waals surface area contributed by atoms with Gasteiger partial charge in [-0.2, -0.15) is 0 Å². The molecule has 1 saturated heterocycles. The van der Waals surface area contributed by atoms with E-state index in [1.54, 1.807) is 0 Å². The van der Waals surface area contributed by atoms with Gasteiger partial charge in [-0.15, -0.1) is 0 Å². The second-order valence-electron chi connectivity index (χ2n) is 4.33. The summed E-state index contributed by atoms with van der Waals surface area (Å²) in [4.78, 5) is 0. The van der Waals surface area contributed by atoms with E-state index < -0.39 is 0 Å². The number of rotatable bonds is 2. The molecule has 1 heterocycles. The van der Waals surface area contributed by atoms with Gasteiger partial charge in [-0.1, -0.05) is 12.8 Å². The molecule has 12 heavy (non-hydrogen) atoms. The van der Waals surface area contributed by atoms with E-state index in [9.17, 15) is 0 Å². The molecule has 0 radical (unpaired) electrons. The van der Waals surface area contributed by atoms with E-state index in [2.05, 4.69) is 5.32 Å². The van der Waals surface area contributed by atoms with Gasteiger partial charge in [0.1, 0.15) is 0 Å². The minimum absolute atomic E-state index is 0.739. The summed E-state index contributed by atoms with van der Waals surface area (Å²) in [6.45, 7) is 0.844. The minimum Gasteiger partial charge on any atom is -0.330 e. The fraction of sp³-hybridized carbons (Fsp3) is 1.00. The summed E-state index contributed by atoms with van der Waals surface area (Å²) < 4.78 is 0. The average molecular weight is 168 g/mol. The molecule has 3 N–H and O–H groups in total. The van der Waals surface area contributed by atoms with Gasteiger partial charge in [0.05, 0.1) is 0 Å². The standard InChI is InChI=1S/C10H20N2/c11-6-5-9-7-8-3-1-2-4-10(8)12-9/h8-10,12H,1-7,11H2/t8-,9+,10+/m0/s1. The van der Waals surface area contributed by atoms with Crippen LogP contribution in [0.1, 0.15) is 38.5 Å². The Labute approximate surface area is 74.9 Å². The summed E-state index contributed by atoms with van der Waals surface area (Å²) >= 11 is 0. The molecule has 0 bridgehead atoms. The fourth-order valence-corrected chi connectivity index (χ4v) is 2.85. The first-order chi connectivity index (χ1) is 5.90. The molecule has 3 atom stereocenters. The van der Waals surface area contributed by atoms with Crippen LogP contribution >= 0.6 is 0 Å². The van der Waals surface area contributed by atoms with Crippen molar-refractivity contribution in [2.45, 2.75) is 50.6 Å². The van der Waals surface area contributed by atoms with Crippen LogP contribution in [0.25, 0.3) is 0 Å². The van der Waals surface area contributed by atoms with Gasteiger partial charge in [-0.05, 0) is 38.1 Å². The molecule has 0 amide bonds. The van der Waals surface area contributed by atoms with Crippen molar-refractivity contribution < 1.29 is 0 Å². The van der Waals surface area contributed by atoms with Gasteiger partial charge in [0.15, 0.2) is 0 Å². The van der Waals surface area contributed by atoms with Crippen LogP contribution in [0.4, 0.5) is 0 Å². The Hall–Kier alpha value is -0.0800. The molecule has 0 aromatic carbocycles. The van der Waals surface area contributed by atoms with E-state index in [-0.39, 0.29) is 0 Å². The van der Waals surface area contributed by atoms with E-state index in [1.807, 2.05) is 0 Å². The maximum Gasteiger partial charge on any atom is 0.00985 e. The lowest BCUT2D eigenvalue weighted by atomic mass is 9.85. The predicted molar refractivity (Wildman–Crippen MR) is 51.0 cm³/mol. The van der Waals surface area contributed by atoms with Gasteiger partial charge in [0.2, 0.25) is 0 Å². The molecule has 0 unspecified atom stereocenters. The summed E-state index contributed by atoms with van der Waals surface area (Å²) in [7, 11) is 0. The Morgan fingerprint density at radius 3 is 2.83 bits per heavy atom. The van der Waals surface area contributed by atoms with Crippen molar-refractivity contribution in [3.8, 4) is 0 Å². The molecule has 2 aliphatic rings. The number of hydrogen-bond donors (Lipinski definition) is 2. The van der Waals surface area contributed by atoms with Gasteiger partial charge in [-0.3, -0.25) is 0 Å². The number of fused-ring (bicyclic) bond motifs is 1. The largest absolute Gasteiger partial charge is 0.330 e. The van der Waals surface area contributed by atoms with Crippen LogP contribution in [0.2, 0.25) is 0 Å². The average Bonchev–Trinajstić information content (AvgIpc) is 2.47. The Bertz CT molecular complexity index is 133. The zero-order chi connectivity index (χ0) is 8.39. The Balaban J connectivity index is 1.85. The van der Waals surface area contributed by atoms with Crippen LogP contribution in [0.15, 0.2) is 0 Å². The quantitative estimate of drug-likeness (QED) is 0.651. The molecule has 1 aliphatic heterocycles. The van der Waals surface area contributed by atoms with Crippen LogP contribution in [-0.4, -0.2) is 18.6 Å². The van der Waals surface area contributed by atoms with E-state index in [0.717, 1.165) is 24.5 Å². The van der Waals surface area contributed by atoms with Crippen molar-refractivity contribution in [1.82, 2.24) is 5.32 Å². The van der Waals surface area contributed by atoms with E-state index in [4.69, 9.17) is 5.73 Å². The fourth-order valence-electron chi connectivity index (χ4n) is 2.85. The topological polar surface area (TPSA) is 38.0 Å². The Morgan fingerprint density at radius 1 is 1.25 bits per heavy atom. The molecular formula is C10H20N2. The monoisotopic (exact) mass is 168 g/mol. The minimum atomic E-state index is 0.739. The molecule has 2 heteroatoms.